The highest BCUT2D eigenvalue weighted by Gasteiger charge is 2.21. The Kier molecular flexibility index (Phi) is 6.45. The molecule has 7 aromatic rings. The third kappa shape index (κ3) is 4.50. The van der Waals surface area contributed by atoms with Gasteiger partial charge in [0, 0.05) is 53.6 Å². The summed E-state index contributed by atoms with van der Waals surface area (Å²) in [4.78, 5) is 4.61. The van der Waals surface area contributed by atoms with Crippen LogP contribution in [0, 0.1) is 0 Å². The van der Waals surface area contributed by atoms with Crippen molar-refractivity contribution in [3.63, 3.8) is 0 Å². The molecule has 0 aliphatic rings. The normalized spacial score (nSPS) is 11.1. The predicted molar refractivity (Wildman–Crippen MR) is 174 cm³/mol. The molecule has 0 fully saturated rings. The van der Waals surface area contributed by atoms with Crippen molar-refractivity contribution in [2.24, 2.45) is 0 Å². The van der Waals surface area contributed by atoms with Crippen molar-refractivity contribution in [2.45, 2.75) is 0 Å². The zero-order valence-electron chi connectivity index (χ0n) is 21.6. The molecule has 0 N–H and O–H groups in total. The van der Waals surface area contributed by atoms with Gasteiger partial charge in [0.2, 0.25) is 0 Å². The van der Waals surface area contributed by atoms with E-state index in [0.29, 0.717) is 0 Å². The van der Waals surface area contributed by atoms with Gasteiger partial charge in [-0.25, -0.2) is 0 Å². The van der Waals surface area contributed by atoms with Crippen LogP contribution in [0.1, 0.15) is 0 Å². The number of hydrogen-bond donors (Lipinski definition) is 0. The van der Waals surface area contributed by atoms with E-state index in [9.17, 15) is 0 Å². The minimum Gasteiger partial charge on any atom is -0.310 e. The molecule has 40 heavy (non-hydrogen) atoms. The van der Waals surface area contributed by atoms with Crippen molar-refractivity contribution in [3.05, 3.63) is 157 Å². The maximum atomic E-state index is 6.78. The number of thiophene rings is 1. The molecule has 0 radical (unpaired) electrons. The molecule has 1 heterocycles. The fourth-order valence-electron chi connectivity index (χ4n) is 5.34. The molecule has 4 heteroatoms. The van der Waals surface area contributed by atoms with Crippen LogP contribution in [-0.2, 0) is 0 Å². The van der Waals surface area contributed by atoms with Gasteiger partial charge in [0.1, 0.15) is 0 Å². The topological polar surface area (TPSA) is 6.48 Å². The van der Waals surface area contributed by atoms with Crippen molar-refractivity contribution in [3.8, 4) is 0 Å². The van der Waals surface area contributed by atoms with Crippen molar-refractivity contribution < 1.29 is 0 Å². The van der Waals surface area contributed by atoms with E-state index in [1.54, 1.807) is 11.3 Å². The number of halogens is 1. The first kappa shape index (κ1) is 24.5. The fraction of sp³-hybridized carbons (Fsp3) is 0. The lowest BCUT2D eigenvalue weighted by molar-refractivity contribution is 1.29. The monoisotopic (exact) mass is 552 g/mol. The summed E-state index contributed by atoms with van der Waals surface area (Å²) in [5.74, 6) is 0. The van der Waals surface area contributed by atoms with Crippen molar-refractivity contribution in [1.29, 1.82) is 0 Å². The second-order valence-corrected chi connectivity index (χ2v) is 11.1. The lowest BCUT2D eigenvalue weighted by Crippen LogP contribution is -2.10. The summed E-state index contributed by atoms with van der Waals surface area (Å²) in [6.07, 6.45) is 0. The van der Waals surface area contributed by atoms with Crippen LogP contribution in [0.25, 0.3) is 20.2 Å². The molecular formula is C36H25ClN2S. The Bertz CT molecular complexity index is 1820. The highest BCUT2D eigenvalue weighted by molar-refractivity contribution is 7.26. The van der Waals surface area contributed by atoms with Gasteiger partial charge in [-0.15, -0.1) is 11.3 Å². The lowest BCUT2D eigenvalue weighted by Gasteiger charge is -2.27. The molecule has 7 rings (SSSR count). The largest absolute Gasteiger partial charge is 0.310 e. The first-order valence-corrected chi connectivity index (χ1v) is 14.4. The Labute approximate surface area is 242 Å². The van der Waals surface area contributed by atoms with Crippen molar-refractivity contribution >= 4 is 77.2 Å². The average Bonchev–Trinajstić information content (AvgIpc) is 3.37. The molecule has 2 nitrogen and oxygen atoms in total. The van der Waals surface area contributed by atoms with E-state index in [4.69, 9.17) is 11.6 Å². The third-order valence-electron chi connectivity index (χ3n) is 7.06. The first-order chi connectivity index (χ1) is 19.8. The number of para-hydroxylation sites is 4. The minimum absolute atomic E-state index is 0.723. The number of hydrogen-bond acceptors (Lipinski definition) is 3. The first-order valence-electron chi connectivity index (χ1n) is 13.2. The molecule has 0 amide bonds. The Morgan fingerprint density at radius 1 is 0.425 bits per heavy atom. The van der Waals surface area contributed by atoms with E-state index in [2.05, 4.69) is 149 Å². The molecule has 0 unspecified atom stereocenters. The molecule has 0 saturated carbocycles. The van der Waals surface area contributed by atoms with Gasteiger partial charge in [-0.1, -0.05) is 84.4 Å². The zero-order chi connectivity index (χ0) is 26.9. The molecule has 6 aromatic carbocycles. The third-order valence-corrected chi connectivity index (χ3v) is 8.39. The van der Waals surface area contributed by atoms with E-state index >= 15 is 0 Å². The van der Waals surface area contributed by atoms with Crippen LogP contribution in [0.3, 0.4) is 0 Å². The van der Waals surface area contributed by atoms with E-state index in [1.165, 1.54) is 15.5 Å². The average molecular weight is 553 g/mol. The van der Waals surface area contributed by atoms with E-state index in [1.807, 2.05) is 12.1 Å². The SMILES string of the molecule is Clc1cc(N(c2ccccc2)c2ccccc2)c2c(c1)sc1ccc(N(c3ccccc3)c3ccccc3)cc12. The second-order valence-electron chi connectivity index (χ2n) is 9.59. The minimum atomic E-state index is 0.723. The number of benzene rings is 6. The summed E-state index contributed by atoms with van der Waals surface area (Å²) >= 11 is 8.56. The highest BCUT2D eigenvalue weighted by atomic mass is 35.5. The zero-order valence-corrected chi connectivity index (χ0v) is 23.2. The Hall–Kier alpha value is -4.57. The molecule has 1 aromatic heterocycles. The van der Waals surface area contributed by atoms with Gasteiger partial charge >= 0.3 is 0 Å². The fourth-order valence-corrected chi connectivity index (χ4v) is 6.76. The maximum absolute atomic E-state index is 6.78. The van der Waals surface area contributed by atoms with Crippen LogP contribution >= 0.6 is 22.9 Å². The second kappa shape index (κ2) is 10.5. The Balaban J connectivity index is 1.50. The maximum Gasteiger partial charge on any atom is 0.0569 e. The standard InChI is InChI=1S/C36H25ClN2S/c37-26-23-33(39(29-17-9-3-10-18-29)30-19-11-4-12-20-30)36-32-25-31(21-22-34(32)40-35(36)24-26)38(27-13-5-1-6-14-27)28-15-7-2-8-16-28/h1-25H. The van der Waals surface area contributed by atoms with Crippen LogP contribution in [0.15, 0.2) is 152 Å². The number of rotatable bonds is 6. The van der Waals surface area contributed by atoms with Crippen LogP contribution in [0.5, 0.6) is 0 Å². The summed E-state index contributed by atoms with van der Waals surface area (Å²) in [5.41, 5.74) is 6.58. The summed E-state index contributed by atoms with van der Waals surface area (Å²) in [7, 11) is 0. The molecule has 0 bridgehead atoms. The van der Waals surface area contributed by atoms with Gasteiger partial charge in [-0.2, -0.15) is 0 Å². The van der Waals surface area contributed by atoms with Crippen LogP contribution in [0.4, 0.5) is 34.1 Å². The Morgan fingerprint density at radius 3 is 1.40 bits per heavy atom. The predicted octanol–water partition coefficient (Wildman–Crippen LogP) is 11.6. The summed E-state index contributed by atoms with van der Waals surface area (Å²) in [6, 6.07) is 53.0. The Morgan fingerprint density at radius 2 is 0.900 bits per heavy atom. The van der Waals surface area contributed by atoms with Crippen molar-refractivity contribution in [1.82, 2.24) is 0 Å². The number of anilines is 6. The molecule has 0 aliphatic carbocycles. The summed E-state index contributed by atoms with van der Waals surface area (Å²) < 4.78 is 2.39. The van der Waals surface area contributed by atoms with Crippen LogP contribution in [0.2, 0.25) is 5.02 Å². The highest BCUT2D eigenvalue weighted by Crippen LogP contribution is 2.47. The van der Waals surface area contributed by atoms with Crippen LogP contribution < -0.4 is 9.80 Å². The molecule has 0 spiro atoms. The van der Waals surface area contributed by atoms with E-state index < -0.39 is 0 Å². The van der Waals surface area contributed by atoms with Gasteiger partial charge < -0.3 is 9.80 Å². The smallest absolute Gasteiger partial charge is 0.0569 e. The van der Waals surface area contributed by atoms with Crippen molar-refractivity contribution in [2.75, 3.05) is 9.80 Å². The summed E-state index contributed by atoms with van der Waals surface area (Å²) in [5, 5.41) is 3.12. The quantitative estimate of drug-likeness (QED) is 0.202. The molecule has 0 atom stereocenters. The van der Waals surface area contributed by atoms with E-state index in [0.717, 1.165) is 43.8 Å². The lowest BCUT2D eigenvalue weighted by atomic mass is 10.1. The van der Waals surface area contributed by atoms with Gasteiger partial charge in [0.15, 0.2) is 0 Å². The summed E-state index contributed by atoms with van der Waals surface area (Å²) in [6.45, 7) is 0. The van der Waals surface area contributed by atoms with Gasteiger partial charge in [0.05, 0.1) is 5.69 Å². The van der Waals surface area contributed by atoms with E-state index in [-0.39, 0.29) is 0 Å². The molecule has 0 saturated heterocycles. The van der Waals surface area contributed by atoms with Gasteiger partial charge in [-0.05, 0) is 78.9 Å². The molecular weight excluding hydrogens is 528 g/mol. The van der Waals surface area contributed by atoms with Crippen LogP contribution in [-0.4, -0.2) is 0 Å². The molecule has 192 valence electrons. The number of nitrogens with zero attached hydrogens (tertiary/aromatic N) is 2. The number of fused-ring (bicyclic) bond motifs is 3. The van der Waals surface area contributed by atoms with Gasteiger partial charge in [-0.3, -0.25) is 0 Å². The molecule has 0 aliphatic heterocycles. The van der Waals surface area contributed by atoms with Gasteiger partial charge in [0.25, 0.3) is 0 Å².